The van der Waals surface area contributed by atoms with Crippen LogP contribution in [0.15, 0.2) is 15.7 Å². The molecule has 1 unspecified atom stereocenters. The fourth-order valence-electron chi connectivity index (χ4n) is 1.83. The van der Waals surface area contributed by atoms with Gasteiger partial charge in [0.1, 0.15) is 4.21 Å². The van der Waals surface area contributed by atoms with Crippen molar-refractivity contribution in [1.82, 2.24) is 14.9 Å². The summed E-state index contributed by atoms with van der Waals surface area (Å²) in [6.07, 6.45) is 1.86. The van der Waals surface area contributed by atoms with Crippen molar-refractivity contribution in [2.75, 3.05) is 27.2 Å². The number of nitrogens with zero attached hydrogens (tertiary/aromatic N) is 1. The molecule has 0 saturated heterocycles. The molecule has 0 radical (unpaired) electrons. The maximum atomic E-state index is 12.3. The molecule has 1 heterocycles. The molecular formula is C14H27N3O2S2. The van der Waals surface area contributed by atoms with Gasteiger partial charge in [-0.25, -0.2) is 13.1 Å². The van der Waals surface area contributed by atoms with Crippen LogP contribution in [0.3, 0.4) is 0 Å². The molecule has 122 valence electrons. The minimum atomic E-state index is -3.39. The highest BCUT2D eigenvalue weighted by Gasteiger charge is 2.19. The third-order valence-corrected chi connectivity index (χ3v) is 6.09. The molecule has 0 fully saturated rings. The van der Waals surface area contributed by atoms with Gasteiger partial charge in [-0.1, -0.05) is 6.92 Å². The van der Waals surface area contributed by atoms with Crippen molar-refractivity contribution < 1.29 is 8.42 Å². The highest BCUT2D eigenvalue weighted by Crippen LogP contribution is 2.20. The lowest BCUT2D eigenvalue weighted by Gasteiger charge is -2.16. The van der Waals surface area contributed by atoms with Gasteiger partial charge in [0, 0.05) is 12.6 Å². The molecule has 0 spiro atoms. The maximum absolute atomic E-state index is 12.3. The highest BCUT2D eigenvalue weighted by atomic mass is 32.2. The van der Waals surface area contributed by atoms with E-state index >= 15 is 0 Å². The second-order valence-electron chi connectivity index (χ2n) is 5.57. The van der Waals surface area contributed by atoms with E-state index in [-0.39, 0.29) is 6.04 Å². The first-order valence-electron chi connectivity index (χ1n) is 7.30. The zero-order valence-electron chi connectivity index (χ0n) is 13.3. The molecule has 5 nitrogen and oxygen atoms in total. The SMILES string of the molecule is CCCNCc1csc(S(=O)(=O)NC(C)CCN(C)C)c1. The van der Waals surface area contributed by atoms with Crippen molar-refractivity contribution >= 4 is 21.4 Å². The van der Waals surface area contributed by atoms with E-state index in [2.05, 4.69) is 17.0 Å². The van der Waals surface area contributed by atoms with Gasteiger partial charge in [-0.05, 0) is 64.0 Å². The molecule has 21 heavy (non-hydrogen) atoms. The molecule has 0 bridgehead atoms. The van der Waals surface area contributed by atoms with Gasteiger partial charge < -0.3 is 10.2 Å². The summed E-state index contributed by atoms with van der Waals surface area (Å²) in [5.41, 5.74) is 1.02. The Morgan fingerprint density at radius 1 is 1.38 bits per heavy atom. The van der Waals surface area contributed by atoms with E-state index in [0.29, 0.717) is 4.21 Å². The maximum Gasteiger partial charge on any atom is 0.250 e. The van der Waals surface area contributed by atoms with Crippen LogP contribution in [0.5, 0.6) is 0 Å². The van der Waals surface area contributed by atoms with E-state index < -0.39 is 10.0 Å². The summed E-state index contributed by atoms with van der Waals surface area (Å²) < 4.78 is 27.7. The van der Waals surface area contributed by atoms with E-state index in [9.17, 15) is 8.42 Å². The van der Waals surface area contributed by atoms with Crippen molar-refractivity contribution in [3.63, 3.8) is 0 Å². The van der Waals surface area contributed by atoms with Gasteiger partial charge in [-0.3, -0.25) is 0 Å². The molecule has 0 aromatic carbocycles. The van der Waals surface area contributed by atoms with Crippen LogP contribution >= 0.6 is 11.3 Å². The molecule has 1 atom stereocenters. The van der Waals surface area contributed by atoms with Gasteiger partial charge >= 0.3 is 0 Å². The Morgan fingerprint density at radius 3 is 2.71 bits per heavy atom. The monoisotopic (exact) mass is 333 g/mol. The van der Waals surface area contributed by atoms with Crippen LogP contribution in [0.4, 0.5) is 0 Å². The number of sulfonamides is 1. The molecule has 1 aromatic rings. The number of hydrogen-bond acceptors (Lipinski definition) is 5. The summed E-state index contributed by atoms with van der Waals surface area (Å²) in [6.45, 7) is 6.53. The molecule has 7 heteroatoms. The third-order valence-electron chi connectivity index (χ3n) is 3.02. The normalized spacial score (nSPS) is 13.8. The quantitative estimate of drug-likeness (QED) is 0.642. The summed E-state index contributed by atoms with van der Waals surface area (Å²) in [4.78, 5) is 2.05. The first kappa shape index (κ1) is 18.6. The fraction of sp³-hybridized carbons (Fsp3) is 0.714. The van der Waals surface area contributed by atoms with E-state index in [1.165, 1.54) is 11.3 Å². The van der Waals surface area contributed by atoms with Crippen LogP contribution < -0.4 is 10.0 Å². The highest BCUT2D eigenvalue weighted by molar-refractivity contribution is 7.91. The topological polar surface area (TPSA) is 61.4 Å². The molecule has 2 N–H and O–H groups in total. The molecule has 1 rings (SSSR count). The fourth-order valence-corrected chi connectivity index (χ4v) is 4.33. The number of rotatable bonds is 10. The van der Waals surface area contributed by atoms with E-state index in [1.807, 2.05) is 31.3 Å². The smallest absolute Gasteiger partial charge is 0.250 e. The van der Waals surface area contributed by atoms with Crippen LogP contribution in [-0.4, -0.2) is 46.5 Å². The van der Waals surface area contributed by atoms with Crippen LogP contribution in [0.2, 0.25) is 0 Å². The second-order valence-corrected chi connectivity index (χ2v) is 8.42. The minimum Gasteiger partial charge on any atom is -0.313 e. The molecule has 1 aromatic heterocycles. The van der Waals surface area contributed by atoms with Crippen LogP contribution in [0.25, 0.3) is 0 Å². The minimum absolute atomic E-state index is 0.0684. The van der Waals surface area contributed by atoms with Gasteiger partial charge in [-0.15, -0.1) is 11.3 Å². The molecule has 0 aliphatic heterocycles. The van der Waals surface area contributed by atoms with Gasteiger partial charge in [0.05, 0.1) is 0 Å². The third kappa shape index (κ3) is 6.88. The first-order chi connectivity index (χ1) is 9.85. The van der Waals surface area contributed by atoms with Crippen LogP contribution in [0, 0.1) is 0 Å². The lowest BCUT2D eigenvalue weighted by molar-refractivity contribution is 0.379. The molecular weight excluding hydrogens is 306 g/mol. The molecule has 0 aliphatic carbocycles. The summed E-state index contributed by atoms with van der Waals surface area (Å²) in [7, 11) is 0.569. The number of thiophene rings is 1. The predicted octanol–water partition coefficient (Wildman–Crippen LogP) is 1.87. The summed E-state index contributed by atoms with van der Waals surface area (Å²) in [6, 6.07) is 1.69. The van der Waals surface area contributed by atoms with Gasteiger partial charge in [0.25, 0.3) is 0 Å². The molecule has 0 amide bonds. The average Bonchev–Trinajstić information content (AvgIpc) is 2.86. The lowest BCUT2D eigenvalue weighted by atomic mass is 10.2. The van der Waals surface area contributed by atoms with E-state index in [1.54, 1.807) is 6.07 Å². The second kappa shape index (κ2) is 8.85. The Labute approximate surface area is 132 Å². The van der Waals surface area contributed by atoms with E-state index in [4.69, 9.17) is 0 Å². The summed E-state index contributed by atoms with van der Waals surface area (Å²) >= 11 is 1.28. The zero-order chi connectivity index (χ0) is 15.9. The Hall–Kier alpha value is -0.470. The Kier molecular flexibility index (Phi) is 7.83. The largest absolute Gasteiger partial charge is 0.313 e. The average molecular weight is 334 g/mol. The first-order valence-corrected chi connectivity index (χ1v) is 9.66. The standard InChI is InChI=1S/C14H27N3O2S2/c1-5-7-15-10-13-9-14(20-11-13)21(18,19)16-12(2)6-8-17(3)4/h9,11-12,15-16H,5-8,10H2,1-4H3. The van der Waals surface area contributed by atoms with Crippen LogP contribution in [0.1, 0.15) is 32.3 Å². The molecule has 0 aliphatic rings. The van der Waals surface area contributed by atoms with E-state index in [0.717, 1.165) is 38.0 Å². The Balaban J connectivity index is 2.57. The zero-order valence-corrected chi connectivity index (χ0v) is 15.0. The van der Waals surface area contributed by atoms with Gasteiger partial charge in [-0.2, -0.15) is 0 Å². The van der Waals surface area contributed by atoms with Crippen molar-refractivity contribution in [2.24, 2.45) is 0 Å². The summed E-state index contributed by atoms with van der Waals surface area (Å²) in [5, 5.41) is 5.18. The predicted molar refractivity (Wildman–Crippen MR) is 89.3 cm³/mol. The Morgan fingerprint density at radius 2 is 2.10 bits per heavy atom. The van der Waals surface area contributed by atoms with Crippen LogP contribution in [-0.2, 0) is 16.6 Å². The summed E-state index contributed by atoms with van der Waals surface area (Å²) in [5.74, 6) is 0. The number of hydrogen-bond donors (Lipinski definition) is 2. The lowest BCUT2D eigenvalue weighted by Crippen LogP contribution is -2.34. The van der Waals surface area contributed by atoms with Crippen molar-refractivity contribution in [1.29, 1.82) is 0 Å². The van der Waals surface area contributed by atoms with Crippen molar-refractivity contribution in [2.45, 2.75) is 43.5 Å². The Bertz CT molecular complexity index is 512. The van der Waals surface area contributed by atoms with Crippen molar-refractivity contribution in [3.05, 3.63) is 17.0 Å². The van der Waals surface area contributed by atoms with Crippen molar-refractivity contribution in [3.8, 4) is 0 Å². The number of nitrogens with one attached hydrogen (secondary N) is 2. The molecule has 0 saturated carbocycles. The van der Waals surface area contributed by atoms with Gasteiger partial charge in [0.2, 0.25) is 10.0 Å². The van der Waals surface area contributed by atoms with Gasteiger partial charge in [0.15, 0.2) is 0 Å².